The largest absolute Gasteiger partial charge is 0.417 e. The van der Waals surface area contributed by atoms with Crippen LogP contribution in [-0.4, -0.2) is 43.3 Å². The predicted octanol–water partition coefficient (Wildman–Crippen LogP) is 7.73. The van der Waals surface area contributed by atoms with Crippen LogP contribution in [0.4, 0.5) is 18.9 Å². The Kier molecular flexibility index (Phi) is 11.5. The summed E-state index contributed by atoms with van der Waals surface area (Å²) in [5.41, 5.74) is 0.719. The van der Waals surface area contributed by atoms with E-state index in [1.54, 1.807) is 64.1 Å². The molecule has 1 unspecified atom stereocenters. The van der Waals surface area contributed by atoms with E-state index in [1.165, 1.54) is 17.0 Å². The lowest BCUT2D eigenvalue weighted by molar-refractivity contribution is -0.140. The third-order valence-corrected chi connectivity index (χ3v) is 9.75. The van der Waals surface area contributed by atoms with Crippen LogP contribution in [0.1, 0.15) is 48.6 Å². The van der Waals surface area contributed by atoms with Crippen LogP contribution in [0.25, 0.3) is 0 Å². The molecule has 4 aromatic carbocycles. The van der Waals surface area contributed by atoms with Crippen molar-refractivity contribution in [1.29, 1.82) is 0 Å². The molecule has 12 heteroatoms. The molecule has 0 spiro atoms. The molecule has 260 valence electrons. The number of aryl methyl sites for hydroxylation is 2. The molecule has 7 nitrogen and oxygen atoms in total. The summed E-state index contributed by atoms with van der Waals surface area (Å²) < 4.78 is 71.0. The van der Waals surface area contributed by atoms with Crippen molar-refractivity contribution in [2.75, 3.05) is 10.8 Å². The third-order valence-electron chi connectivity index (χ3n) is 7.64. The second kappa shape index (κ2) is 15.0. The maximum atomic E-state index is 14.6. The fraction of sp³-hybridized carbons (Fsp3) is 0.297. The summed E-state index contributed by atoms with van der Waals surface area (Å²) in [5.74, 6) is -1.28. The van der Waals surface area contributed by atoms with Gasteiger partial charge in [-0.05, 0) is 76.1 Å². The van der Waals surface area contributed by atoms with E-state index in [1.807, 2.05) is 37.3 Å². The van der Waals surface area contributed by atoms with Gasteiger partial charge in [-0.3, -0.25) is 13.9 Å². The highest BCUT2D eigenvalue weighted by molar-refractivity contribution is 7.92. The Balaban J connectivity index is 1.88. The first-order valence-electron chi connectivity index (χ1n) is 15.5. The summed E-state index contributed by atoms with van der Waals surface area (Å²) in [5, 5.41) is 2.32. The summed E-state index contributed by atoms with van der Waals surface area (Å²) in [6.07, 6.45) is -4.82. The average Bonchev–Trinajstić information content (AvgIpc) is 3.01. The SMILES string of the molecule is Cc1ccc(S(=O)(=O)N(CC(=O)N(Cc2cccc(C)c2)C(Cc2ccccc2)C(=O)NC(C)(C)C)c2ccc(Cl)c(C(F)(F)F)c2)cc1. The number of nitrogens with one attached hydrogen (secondary N) is 1. The molecule has 0 bridgehead atoms. The molecule has 0 saturated heterocycles. The number of carbonyl (C=O) groups excluding carboxylic acids is 2. The molecule has 49 heavy (non-hydrogen) atoms. The number of halogens is 4. The monoisotopic (exact) mass is 713 g/mol. The van der Waals surface area contributed by atoms with Crippen LogP contribution in [0, 0.1) is 13.8 Å². The lowest BCUT2D eigenvalue weighted by Gasteiger charge is -2.35. The molecule has 1 atom stereocenters. The molecule has 0 aromatic heterocycles. The second-order valence-electron chi connectivity index (χ2n) is 12.9. The lowest BCUT2D eigenvalue weighted by Crippen LogP contribution is -2.56. The van der Waals surface area contributed by atoms with Gasteiger partial charge >= 0.3 is 6.18 Å². The maximum absolute atomic E-state index is 14.6. The minimum absolute atomic E-state index is 0.0809. The number of sulfonamides is 1. The molecular weight excluding hydrogens is 675 g/mol. The molecule has 4 aromatic rings. The first-order chi connectivity index (χ1) is 22.8. The van der Waals surface area contributed by atoms with Gasteiger partial charge in [0.1, 0.15) is 12.6 Å². The Bertz CT molecular complexity index is 1890. The van der Waals surface area contributed by atoms with E-state index in [9.17, 15) is 31.2 Å². The molecule has 0 heterocycles. The second-order valence-corrected chi connectivity index (χ2v) is 15.2. The summed E-state index contributed by atoms with van der Waals surface area (Å²) in [6.45, 7) is 8.03. The first-order valence-corrected chi connectivity index (χ1v) is 17.3. The molecule has 0 aliphatic heterocycles. The van der Waals surface area contributed by atoms with E-state index < -0.39 is 62.4 Å². The normalized spacial score (nSPS) is 12.7. The van der Waals surface area contributed by atoms with Crippen LogP contribution in [0.3, 0.4) is 0 Å². The van der Waals surface area contributed by atoms with Crippen molar-refractivity contribution in [3.8, 4) is 0 Å². The molecular formula is C37H39ClF3N3O4S. The Morgan fingerprint density at radius 1 is 0.816 bits per heavy atom. The number of carbonyl (C=O) groups is 2. The van der Waals surface area contributed by atoms with Gasteiger partial charge in [0.25, 0.3) is 10.0 Å². The van der Waals surface area contributed by atoms with E-state index in [0.29, 0.717) is 15.9 Å². The quantitative estimate of drug-likeness (QED) is 0.173. The van der Waals surface area contributed by atoms with E-state index in [4.69, 9.17) is 11.6 Å². The highest BCUT2D eigenvalue weighted by Gasteiger charge is 2.38. The number of rotatable bonds is 11. The molecule has 0 fully saturated rings. The Morgan fingerprint density at radius 2 is 1.45 bits per heavy atom. The standard InChI is InChI=1S/C37H39ClF3N3O4S/c1-25-14-17-30(18-15-25)49(47,48)44(29-16-19-32(38)31(22-29)37(39,40)41)24-34(45)43(23-28-13-9-10-26(2)20-28)33(35(46)42-36(3,4)5)21-27-11-7-6-8-12-27/h6-20,22,33H,21,23-24H2,1-5H3,(H,42,46). The van der Waals surface area contributed by atoms with Crippen molar-refractivity contribution in [2.24, 2.45) is 0 Å². The minimum Gasteiger partial charge on any atom is -0.350 e. The van der Waals surface area contributed by atoms with Crippen molar-refractivity contribution >= 4 is 39.1 Å². The van der Waals surface area contributed by atoms with Gasteiger partial charge in [-0.1, -0.05) is 89.5 Å². The van der Waals surface area contributed by atoms with Crippen molar-refractivity contribution in [2.45, 2.75) is 70.2 Å². The molecule has 1 N–H and O–H groups in total. The fourth-order valence-corrected chi connectivity index (χ4v) is 6.90. The average molecular weight is 714 g/mol. The highest BCUT2D eigenvalue weighted by atomic mass is 35.5. The zero-order valence-electron chi connectivity index (χ0n) is 27.9. The molecule has 0 aliphatic rings. The van der Waals surface area contributed by atoms with Crippen molar-refractivity contribution < 1.29 is 31.2 Å². The van der Waals surface area contributed by atoms with Gasteiger partial charge in [0, 0.05) is 18.5 Å². The summed E-state index contributed by atoms with van der Waals surface area (Å²) in [7, 11) is -4.61. The topological polar surface area (TPSA) is 86.8 Å². The number of hydrogen-bond acceptors (Lipinski definition) is 4. The van der Waals surface area contributed by atoms with Crippen LogP contribution in [0.2, 0.25) is 5.02 Å². The summed E-state index contributed by atoms with van der Waals surface area (Å²) >= 11 is 5.89. The smallest absolute Gasteiger partial charge is 0.350 e. The molecule has 0 saturated carbocycles. The number of anilines is 1. The number of benzene rings is 4. The number of hydrogen-bond donors (Lipinski definition) is 1. The van der Waals surface area contributed by atoms with Crippen molar-refractivity contribution in [3.05, 3.63) is 130 Å². The van der Waals surface area contributed by atoms with Crippen LogP contribution >= 0.6 is 11.6 Å². The Labute approximate surface area is 290 Å². The molecule has 0 radical (unpaired) electrons. The van der Waals surface area contributed by atoms with Gasteiger partial charge in [-0.25, -0.2) is 8.42 Å². The van der Waals surface area contributed by atoms with Crippen LogP contribution in [-0.2, 0) is 38.8 Å². The van der Waals surface area contributed by atoms with E-state index in [0.717, 1.165) is 28.8 Å². The summed E-state index contributed by atoms with van der Waals surface area (Å²) in [6, 6.07) is 23.6. The molecule has 2 amide bonds. The van der Waals surface area contributed by atoms with Gasteiger partial charge in [0.2, 0.25) is 11.8 Å². The number of amides is 2. The minimum atomic E-state index is -4.90. The summed E-state index contributed by atoms with van der Waals surface area (Å²) in [4.78, 5) is 29.6. The lowest BCUT2D eigenvalue weighted by atomic mass is 10.0. The Morgan fingerprint density at radius 3 is 2.04 bits per heavy atom. The zero-order chi connectivity index (χ0) is 36.1. The first kappa shape index (κ1) is 37.5. The molecule has 0 aliphatic carbocycles. The van der Waals surface area contributed by atoms with Gasteiger partial charge in [-0.2, -0.15) is 13.2 Å². The van der Waals surface area contributed by atoms with Crippen LogP contribution < -0.4 is 9.62 Å². The predicted molar refractivity (Wildman–Crippen MR) is 186 cm³/mol. The number of nitrogens with zero attached hydrogens (tertiary/aromatic N) is 2. The highest BCUT2D eigenvalue weighted by Crippen LogP contribution is 2.38. The van der Waals surface area contributed by atoms with Crippen LogP contribution in [0.5, 0.6) is 0 Å². The van der Waals surface area contributed by atoms with Gasteiger partial charge in [-0.15, -0.1) is 0 Å². The van der Waals surface area contributed by atoms with Gasteiger partial charge in [0.05, 0.1) is 21.2 Å². The van der Waals surface area contributed by atoms with E-state index in [-0.39, 0.29) is 17.9 Å². The maximum Gasteiger partial charge on any atom is 0.417 e. The third kappa shape index (κ3) is 9.86. The van der Waals surface area contributed by atoms with Gasteiger partial charge < -0.3 is 10.2 Å². The van der Waals surface area contributed by atoms with Crippen molar-refractivity contribution in [3.63, 3.8) is 0 Å². The fourth-order valence-electron chi connectivity index (χ4n) is 5.27. The van der Waals surface area contributed by atoms with Crippen molar-refractivity contribution in [1.82, 2.24) is 10.2 Å². The van der Waals surface area contributed by atoms with Crippen LogP contribution in [0.15, 0.2) is 102 Å². The van der Waals surface area contributed by atoms with E-state index >= 15 is 0 Å². The van der Waals surface area contributed by atoms with Gasteiger partial charge in [0.15, 0.2) is 0 Å². The Hall–Kier alpha value is -4.35. The molecule has 4 rings (SSSR count). The number of alkyl halides is 3. The zero-order valence-corrected chi connectivity index (χ0v) is 29.5. The van der Waals surface area contributed by atoms with E-state index in [2.05, 4.69) is 5.32 Å².